The van der Waals surface area contributed by atoms with Crippen molar-refractivity contribution < 1.29 is 9.90 Å². The van der Waals surface area contributed by atoms with E-state index in [0.29, 0.717) is 14.9 Å². The van der Waals surface area contributed by atoms with Crippen LogP contribution in [-0.4, -0.2) is 11.1 Å². The van der Waals surface area contributed by atoms with Crippen LogP contribution in [0.3, 0.4) is 0 Å². The number of aromatic carboxylic acids is 1. The quantitative estimate of drug-likeness (QED) is 0.876. The van der Waals surface area contributed by atoms with Crippen molar-refractivity contribution in [3.05, 3.63) is 26.9 Å². The fourth-order valence-electron chi connectivity index (χ4n) is 1.52. The van der Waals surface area contributed by atoms with E-state index < -0.39 is 5.97 Å². The molecular formula is C10H8ClNO2S2. The average molecular weight is 274 g/mol. The lowest BCUT2D eigenvalue weighted by molar-refractivity contribution is 0.0699. The molecule has 0 unspecified atom stereocenters. The van der Waals surface area contributed by atoms with E-state index in [1.165, 1.54) is 22.7 Å². The molecule has 0 atom stereocenters. The van der Waals surface area contributed by atoms with Crippen LogP contribution in [0.1, 0.15) is 15.2 Å². The predicted molar refractivity (Wildman–Crippen MR) is 68.8 cm³/mol. The number of nitrogen functional groups attached to an aromatic ring is 1. The zero-order chi connectivity index (χ0) is 11.9. The lowest BCUT2D eigenvalue weighted by Gasteiger charge is -1.99. The molecule has 0 saturated heterocycles. The van der Waals surface area contributed by atoms with Crippen LogP contribution in [-0.2, 0) is 0 Å². The van der Waals surface area contributed by atoms with Gasteiger partial charge < -0.3 is 10.8 Å². The number of aryl methyl sites for hydroxylation is 1. The summed E-state index contributed by atoms with van der Waals surface area (Å²) in [5.74, 6) is -0.999. The Kier molecular flexibility index (Phi) is 2.92. The Morgan fingerprint density at radius 1 is 1.44 bits per heavy atom. The topological polar surface area (TPSA) is 63.3 Å². The van der Waals surface area contributed by atoms with E-state index in [1.54, 1.807) is 6.07 Å². The molecule has 2 aromatic rings. The van der Waals surface area contributed by atoms with Gasteiger partial charge in [-0.1, -0.05) is 11.6 Å². The molecule has 0 aliphatic carbocycles. The van der Waals surface area contributed by atoms with E-state index in [4.69, 9.17) is 22.4 Å². The molecule has 3 N–H and O–H groups in total. The van der Waals surface area contributed by atoms with Crippen molar-refractivity contribution in [2.45, 2.75) is 6.92 Å². The van der Waals surface area contributed by atoms with Gasteiger partial charge >= 0.3 is 5.97 Å². The van der Waals surface area contributed by atoms with Crippen LogP contribution in [0.15, 0.2) is 12.1 Å². The normalized spacial score (nSPS) is 10.6. The maximum Gasteiger partial charge on any atom is 0.339 e. The Balaban J connectivity index is 2.68. The summed E-state index contributed by atoms with van der Waals surface area (Å²) in [5.41, 5.74) is 6.57. The number of rotatable bonds is 2. The van der Waals surface area contributed by atoms with Crippen molar-refractivity contribution in [3.63, 3.8) is 0 Å². The Morgan fingerprint density at radius 2 is 2.12 bits per heavy atom. The van der Waals surface area contributed by atoms with Crippen molar-refractivity contribution >= 4 is 45.2 Å². The van der Waals surface area contributed by atoms with Gasteiger partial charge in [0.2, 0.25) is 0 Å². The predicted octanol–water partition coefficient (Wildman–Crippen LogP) is 3.72. The minimum Gasteiger partial charge on any atom is -0.478 e. The third kappa shape index (κ3) is 1.81. The van der Waals surface area contributed by atoms with Crippen LogP contribution in [0, 0.1) is 6.92 Å². The Hall–Kier alpha value is -1.04. The number of hydrogen-bond acceptors (Lipinski definition) is 4. The first-order chi connectivity index (χ1) is 7.50. The second-order valence-electron chi connectivity index (χ2n) is 3.18. The molecule has 0 radical (unpaired) electrons. The van der Waals surface area contributed by atoms with E-state index in [2.05, 4.69) is 0 Å². The summed E-state index contributed by atoms with van der Waals surface area (Å²) in [4.78, 5) is 12.9. The molecule has 2 heterocycles. The summed E-state index contributed by atoms with van der Waals surface area (Å²) in [6.45, 7) is 1.86. The Labute approximate surface area is 105 Å². The lowest BCUT2D eigenvalue weighted by atomic mass is 10.1. The monoisotopic (exact) mass is 273 g/mol. The van der Waals surface area contributed by atoms with Crippen molar-refractivity contribution in [2.24, 2.45) is 0 Å². The largest absolute Gasteiger partial charge is 0.478 e. The second-order valence-corrected chi connectivity index (χ2v) is 6.15. The second kappa shape index (κ2) is 4.08. The van der Waals surface area contributed by atoms with Crippen LogP contribution in [0.4, 0.5) is 5.00 Å². The van der Waals surface area contributed by atoms with Crippen molar-refractivity contribution in [2.75, 3.05) is 5.73 Å². The number of thiophene rings is 2. The van der Waals surface area contributed by atoms with Gasteiger partial charge in [0, 0.05) is 15.3 Å². The van der Waals surface area contributed by atoms with E-state index in [1.807, 2.05) is 13.0 Å². The van der Waals surface area contributed by atoms with E-state index >= 15 is 0 Å². The number of carbonyl (C=O) groups is 1. The molecule has 84 valence electrons. The number of carboxylic acids is 1. The summed E-state index contributed by atoms with van der Waals surface area (Å²) >= 11 is 8.49. The minimum atomic E-state index is -0.999. The van der Waals surface area contributed by atoms with Crippen LogP contribution >= 0.6 is 34.3 Å². The molecule has 16 heavy (non-hydrogen) atoms. The first-order valence-corrected chi connectivity index (χ1v) is 6.39. The van der Waals surface area contributed by atoms with Gasteiger partial charge in [-0.3, -0.25) is 0 Å². The lowest BCUT2D eigenvalue weighted by Crippen LogP contribution is -2.00. The van der Waals surface area contributed by atoms with Gasteiger partial charge in [0.1, 0.15) is 10.6 Å². The molecule has 0 saturated carbocycles. The van der Waals surface area contributed by atoms with Crippen molar-refractivity contribution in [1.29, 1.82) is 0 Å². The minimum absolute atomic E-state index is 0.181. The molecule has 0 aliphatic rings. The number of anilines is 1. The number of nitrogens with two attached hydrogens (primary N) is 1. The van der Waals surface area contributed by atoms with Crippen LogP contribution in [0.25, 0.3) is 10.4 Å². The summed E-state index contributed by atoms with van der Waals surface area (Å²) in [6, 6.07) is 3.56. The van der Waals surface area contributed by atoms with Crippen molar-refractivity contribution in [3.8, 4) is 10.4 Å². The first-order valence-electron chi connectivity index (χ1n) is 4.38. The highest BCUT2D eigenvalue weighted by Gasteiger charge is 2.21. The van der Waals surface area contributed by atoms with Crippen LogP contribution in [0.2, 0.25) is 4.34 Å². The molecule has 0 fully saturated rings. The van der Waals surface area contributed by atoms with Gasteiger partial charge in [-0.05, 0) is 19.1 Å². The fourth-order valence-corrected chi connectivity index (χ4v) is 3.68. The zero-order valence-corrected chi connectivity index (χ0v) is 10.7. The molecule has 6 heteroatoms. The molecule has 2 aromatic heterocycles. The van der Waals surface area contributed by atoms with Gasteiger partial charge in [0.15, 0.2) is 0 Å². The summed E-state index contributed by atoms with van der Waals surface area (Å²) in [7, 11) is 0. The number of halogens is 1. The molecule has 0 aliphatic heterocycles. The maximum absolute atomic E-state index is 11.1. The van der Waals surface area contributed by atoms with Crippen LogP contribution < -0.4 is 5.73 Å². The Morgan fingerprint density at radius 3 is 2.62 bits per heavy atom. The number of carboxylic acid groups (broad SMARTS) is 1. The smallest absolute Gasteiger partial charge is 0.339 e. The van der Waals surface area contributed by atoms with Gasteiger partial charge in [0.05, 0.1) is 4.34 Å². The molecule has 2 rings (SSSR count). The summed E-state index contributed by atoms with van der Waals surface area (Å²) in [5, 5.41) is 9.46. The Bertz CT molecular complexity index is 559. The first kappa shape index (κ1) is 11.4. The highest BCUT2D eigenvalue weighted by molar-refractivity contribution is 7.20. The van der Waals surface area contributed by atoms with Gasteiger partial charge in [-0.25, -0.2) is 4.79 Å². The van der Waals surface area contributed by atoms with Gasteiger partial charge in [-0.2, -0.15) is 0 Å². The van der Waals surface area contributed by atoms with Crippen LogP contribution in [0.5, 0.6) is 0 Å². The third-order valence-electron chi connectivity index (χ3n) is 2.14. The fraction of sp³-hybridized carbons (Fsp3) is 0.100. The van der Waals surface area contributed by atoms with E-state index in [0.717, 1.165) is 9.75 Å². The molecule has 0 spiro atoms. The third-order valence-corrected chi connectivity index (χ3v) is 4.33. The van der Waals surface area contributed by atoms with Crippen molar-refractivity contribution in [1.82, 2.24) is 0 Å². The SMILES string of the molecule is Cc1sc(N)c(C(=O)O)c1-c1ccc(Cl)s1. The molecule has 0 bridgehead atoms. The molecular weight excluding hydrogens is 266 g/mol. The highest BCUT2D eigenvalue weighted by Crippen LogP contribution is 2.41. The van der Waals surface area contributed by atoms with E-state index in [-0.39, 0.29) is 5.56 Å². The molecule has 0 amide bonds. The van der Waals surface area contributed by atoms with E-state index in [9.17, 15) is 4.79 Å². The molecule has 0 aromatic carbocycles. The number of hydrogen-bond donors (Lipinski definition) is 2. The standard InChI is InChI=1S/C10H8ClNO2S2/c1-4-7(5-2-3-6(11)16-5)8(10(13)14)9(12)15-4/h2-3H,12H2,1H3,(H,13,14). The maximum atomic E-state index is 11.1. The highest BCUT2D eigenvalue weighted by atomic mass is 35.5. The zero-order valence-electron chi connectivity index (χ0n) is 8.28. The summed E-state index contributed by atoms with van der Waals surface area (Å²) in [6.07, 6.45) is 0. The summed E-state index contributed by atoms with van der Waals surface area (Å²) < 4.78 is 0.635. The average Bonchev–Trinajstić information content (AvgIpc) is 2.69. The molecule has 3 nitrogen and oxygen atoms in total. The van der Waals surface area contributed by atoms with Gasteiger partial charge in [-0.15, -0.1) is 22.7 Å². The van der Waals surface area contributed by atoms with Gasteiger partial charge in [0.25, 0.3) is 0 Å².